The molecule has 2 heterocycles. The Hall–Kier alpha value is -1.56. The number of nitrogens with zero attached hydrogens (tertiary/aromatic N) is 1. The molecule has 1 aromatic heterocycles. The first-order valence-corrected chi connectivity index (χ1v) is 7.34. The summed E-state index contributed by atoms with van der Waals surface area (Å²) in [5, 5.41) is 3.18. The van der Waals surface area contributed by atoms with Crippen molar-refractivity contribution in [2.24, 2.45) is 0 Å². The molecule has 1 aromatic rings. The summed E-state index contributed by atoms with van der Waals surface area (Å²) in [6.07, 6.45) is 2.08. The van der Waals surface area contributed by atoms with Crippen LogP contribution in [0.5, 0.6) is 0 Å². The van der Waals surface area contributed by atoms with E-state index in [-0.39, 0.29) is 11.8 Å². The molecular formula is C13H19N3O2S. The Labute approximate surface area is 116 Å². The summed E-state index contributed by atoms with van der Waals surface area (Å²) in [4.78, 5) is 26.7. The normalized spacial score (nSPS) is 14.7. The lowest BCUT2D eigenvalue weighted by Crippen LogP contribution is -2.28. The predicted molar refractivity (Wildman–Crippen MR) is 76.6 cm³/mol. The highest BCUT2D eigenvalue weighted by Crippen LogP contribution is 2.32. The molecule has 1 fully saturated rings. The number of nitrogen functional groups attached to an aromatic ring is 1. The smallest absolute Gasteiger partial charge is 0.261 e. The lowest BCUT2D eigenvalue weighted by atomic mass is 10.1. The summed E-state index contributed by atoms with van der Waals surface area (Å²) < 4.78 is 0. The number of hydrogen-bond donors (Lipinski definition) is 2. The van der Waals surface area contributed by atoms with E-state index in [4.69, 9.17) is 5.73 Å². The number of hydrogen-bond acceptors (Lipinski definition) is 4. The van der Waals surface area contributed by atoms with Crippen LogP contribution < -0.4 is 11.1 Å². The molecule has 5 nitrogen and oxygen atoms in total. The van der Waals surface area contributed by atoms with Crippen LogP contribution in [0.1, 0.15) is 45.4 Å². The summed E-state index contributed by atoms with van der Waals surface area (Å²) in [5.74, 6) is -0.198. The van der Waals surface area contributed by atoms with Crippen LogP contribution >= 0.6 is 11.3 Å². The number of nitrogens with one attached hydrogen (secondary N) is 1. The van der Waals surface area contributed by atoms with Crippen molar-refractivity contribution in [3.63, 3.8) is 0 Å². The van der Waals surface area contributed by atoms with Crippen LogP contribution in [0, 0.1) is 6.92 Å². The van der Waals surface area contributed by atoms with Gasteiger partial charge >= 0.3 is 0 Å². The third-order valence-electron chi connectivity index (χ3n) is 3.32. The van der Waals surface area contributed by atoms with Crippen LogP contribution in [0.2, 0.25) is 0 Å². The molecule has 0 saturated carbocycles. The summed E-state index contributed by atoms with van der Waals surface area (Å²) in [6.45, 7) is 5.78. The zero-order valence-electron chi connectivity index (χ0n) is 11.3. The van der Waals surface area contributed by atoms with Crippen LogP contribution in [0.25, 0.3) is 0 Å². The third kappa shape index (κ3) is 2.58. The molecule has 0 spiro atoms. The third-order valence-corrected chi connectivity index (χ3v) is 4.44. The average Bonchev–Trinajstić information content (AvgIpc) is 2.97. The predicted octanol–water partition coefficient (Wildman–Crippen LogP) is 1.62. The molecule has 0 radical (unpaired) electrons. The first kappa shape index (κ1) is 13.9. The van der Waals surface area contributed by atoms with Crippen LogP contribution in [0.3, 0.4) is 0 Å². The molecule has 104 valence electrons. The van der Waals surface area contributed by atoms with Crippen molar-refractivity contribution in [2.45, 2.75) is 26.7 Å². The van der Waals surface area contributed by atoms with Gasteiger partial charge < -0.3 is 16.0 Å². The fraction of sp³-hybridized carbons (Fsp3) is 0.538. The van der Waals surface area contributed by atoms with Gasteiger partial charge in [-0.2, -0.15) is 0 Å². The zero-order chi connectivity index (χ0) is 14.0. The molecule has 3 N–H and O–H groups in total. The van der Waals surface area contributed by atoms with Gasteiger partial charge in [-0.05, 0) is 32.3 Å². The van der Waals surface area contributed by atoms with Crippen molar-refractivity contribution in [1.29, 1.82) is 0 Å². The molecule has 0 bridgehead atoms. The monoisotopic (exact) mass is 281 g/mol. The Morgan fingerprint density at radius 2 is 2.00 bits per heavy atom. The van der Waals surface area contributed by atoms with Crippen LogP contribution in [-0.2, 0) is 0 Å². The van der Waals surface area contributed by atoms with Gasteiger partial charge in [0.15, 0.2) is 0 Å². The number of carbonyl (C=O) groups is 2. The molecule has 19 heavy (non-hydrogen) atoms. The highest BCUT2D eigenvalue weighted by Gasteiger charge is 2.27. The molecule has 2 rings (SSSR count). The van der Waals surface area contributed by atoms with Gasteiger partial charge in [0.25, 0.3) is 11.8 Å². The first-order valence-electron chi connectivity index (χ1n) is 6.52. The SMILES string of the molecule is CCNC(=O)c1sc(N)c(C(=O)N2CCCC2)c1C. The van der Waals surface area contributed by atoms with Crippen molar-refractivity contribution in [2.75, 3.05) is 25.4 Å². The topological polar surface area (TPSA) is 75.4 Å². The van der Waals surface area contributed by atoms with Gasteiger partial charge in [-0.15, -0.1) is 11.3 Å². The van der Waals surface area contributed by atoms with Crippen molar-refractivity contribution in [3.8, 4) is 0 Å². The zero-order valence-corrected chi connectivity index (χ0v) is 12.1. The average molecular weight is 281 g/mol. The molecule has 0 aromatic carbocycles. The lowest BCUT2D eigenvalue weighted by Gasteiger charge is -2.15. The van der Waals surface area contributed by atoms with Gasteiger partial charge in [0.1, 0.15) is 0 Å². The van der Waals surface area contributed by atoms with Gasteiger partial charge in [0, 0.05) is 19.6 Å². The summed E-state index contributed by atoms with van der Waals surface area (Å²) >= 11 is 1.19. The maximum Gasteiger partial charge on any atom is 0.261 e. The van der Waals surface area contributed by atoms with Crippen LogP contribution in [-0.4, -0.2) is 36.3 Å². The summed E-state index contributed by atoms with van der Waals surface area (Å²) in [7, 11) is 0. The largest absolute Gasteiger partial charge is 0.390 e. The fourth-order valence-corrected chi connectivity index (χ4v) is 3.32. The van der Waals surface area contributed by atoms with E-state index in [1.54, 1.807) is 6.92 Å². The van der Waals surface area contributed by atoms with E-state index < -0.39 is 0 Å². The Morgan fingerprint density at radius 1 is 1.37 bits per heavy atom. The number of rotatable bonds is 3. The van der Waals surface area contributed by atoms with E-state index >= 15 is 0 Å². The highest BCUT2D eigenvalue weighted by atomic mass is 32.1. The molecule has 0 atom stereocenters. The minimum absolute atomic E-state index is 0.0423. The van der Waals surface area contributed by atoms with Crippen LogP contribution in [0.4, 0.5) is 5.00 Å². The van der Waals surface area contributed by atoms with Crippen LogP contribution in [0.15, 0.2) is 0 Å². The first-order chi connectivity index (χ1) is 9.06. The maximum absolute atomic E-state index is 12.4. The lowest BCUT2D eigenvalue weighted by molar-refractivity contribution is 0.0793. The quantitative estimate of drug-likeness (QED) is 0.884. The number of carbonyl (C=O) groups excluding carboxylic acids is 2. The molecule has 6 heteroatoms. The highest BCUT2D eigenvalue weighted by molar-refractivity contribution is 7.18. The maximum atomic E-state index is 12.4. The van der Waals surface area contributed by atoms with Gasteiger partial charge in [-0.3, -0.25) is 9.59 Å². The molecule has 1 aliphatic heterocycles. The number of likely N-dealkylation sites (tertiary alicyclic amines) is 1. The van der Waals surface area contributed by atoms with Gasteiger partial charge in [-0.25, -0.2) is 0 Å². The van der Waals surface area contributed by atoms with Crippen molar-refractivity contribution < 1.29 is 9.59 Å². The van der Waals surface area contributed by atoms with Gasteiger partial charge in [-0.1, -0.05) is 0 Å². The van der Waals surface area contributed by atoms with E-state index in [1.165, 1.54) is 11.3 Å². The number of nitrogens with two attached hydrogens (primary N) is 1. The van der Waals surface area contributed by atoms with E-state index in [2.05, 4.69) is 5.32 Å². The Bertz CT molecular complexity index is 504. The second kappa shape index (κ2) is 5.61. The van der Waals surface area contributed by atoms with Crippen molar-refractivity contribution >= 4 is 28.2 Å². The second-order valence-corrected chi connectivity index (χ2v) is 5.71. The Balaban J connectivity index is 2.30. The Morgan fingerprint density at radius 3 is 2.58 bits per heavy atom. The number of amides is 2. The number of thiophene rings is 1. The molecular weight excluding hydrogens is 262 g/mol. The Kier molecular flexibility index (Phi) is 4.09. The molecule has 0 unspecified atom stereocenters. The van der Waals surface area contributed by atoms with E-state index in [1.807, 2.05) is 11.8 Å². The van der Waals surface area contributed by atoms with Gasteiger partial charge in [0.05, 0.1) is 15.4 Å². The fourth-order valence-electron chi connectivity index (χ4n) is 2.34. The van der Waals surface area contributed by atoms with Gasteiger partial charge in [0.2, 0.25) is 0 Å². The molecule has 1 saturated heterocycles. The molecule has 2 amide bonds. The van der Waals surface area contributed by atoms with E-state index in [0.717, 1.165) is 25.9 Å². The second-order valence-electron chi connectivity index (χ2n) is 4.65. The minimum atomic E-state index is -0.155. The standard InChI is InChI=1S/C13H19N3O2S/c1-3-15-12(17)10-8(2)9(11(14)19-10)13(18)16-6-4-5-7-16/h3-7,14H2,1-2H3,(H,15,17). The molecule has 1 aliphatic rings. The van der Waals surface area contributed by atoms with Crippen molar-refractivity contribution in [1.82, 2.24) is 10.2 Å². The summed E-state index contributed by atoms with van der Waals surface area (Å²) in [6, 6.07) is 0. The number of anilines is 1. The molecule has 0 aliphatic carbocycles. The van der Waals surface area contributed by atoms with E-state index in [0.29, 0.717) is 27.5 Å². The van der Waals surface area contributed by atoms with E-state index in [9.17, 15) is 9.59 Å². The summed E-state index contributed by atoms with van der Waals surface area (Å²) in [5.41, 5.74) is 7.14. The minimum Gasteiger partial charge on any atom is -0.390 e. The van der Waals surface area contributed by atoms with Crippen molar-refractivity contribution in [3.05, 3.63) is 16.0 Å².